The summed E-state index contributed by atoms with van der Waals surface area (Å²) in [5.41, 5.74) is 4.13. The number of hydrogen-bond acceptors (Lipinski definition) is 4. The Bertz CT molecular complexity index is 748. The summed E-state index contributed by atoms with van der Waals surface area (Å²) in [5, 5.41) is 13.9. The molecule has 0 aromatic heterocycles. The molecule has 2 aromatic carbocycles. The zero-order chi connectivity index (χ0) is 17.5. The Kier molecular flexibility index (Phi) is 7.04. The van der Waals surface area contributed by atoms with Crippen LogP contribution in [0.2, 0.25) is 0 Å². The van der Waals surface area contributed by atoms with Gasteiger partial charge in [0.15, 0.2) is 11.5 Å². The number of nitrogens with zero attached hydrogens (tertiary/aromatic N) is 1. The van der Waals surface area contributed by atoms with E-state index in [2.05, 4.69) is 26.5 Å². The summed E-state index contributed by atoms with van der Waals surface area (Å²) in [6, 6.07) is 11.0. The minimum atomic E-state index is -0.202. The van der Waals surface area contributed by atoms with Crippen molar-refractivity contribution in [2.75, 3.05) is 6.61 Å². The smallest absolute Gasteiger partial charge is 0.244 e. The Morgan fingerprint density at radius 2 is 2.08 bits per heavy atom. The summed E-state index contributed by atoms with van der Waals surface area (Å²) in [6.07, 6.45) is 1.77. The Hall–Kier alpha value is -1.61. The average Bonchev–Trinajstić information content (AvgIpc) is 2.54. The number of nitrogens with one attached hydrogen (secondary N) is 1. The number of carbonyl (C=O) groups is 1. The van der Waals surface area contributed by atoms with Gasteiger partial charge in [0.25, 0.3) is 0 Å². The van der Waals surface area contributed by atoms with Gasteiger partial charge in [-0.25, -0.2) is 5.43 Å². The quantitative estimate of drug-likeness (QED) is 0.358. The summed E-state index contributed by atoms with van der Waals surface area (Å²) in [6.45, 7) is 2.30. The van der Waals surface area contributed by atoms with E-state index in [-0.39, 0.29) is 18.1 Å². The van der Waals surface area contributed by atoms with Crippen molar-refractivity contribution in [2.24, 2.45) is 5.10 Å². The topological polar surface area (TPSA) is 70.9 Å². The van der Waals surface area contributed by atoms with E-state index in [0.29, 0.717) is 15.9 Å². The Labute approximate surface area is 162 Å². The summed E-state index contributed by atoms with van der Waals surface area (Å²) >= 11 is 5.37. The van der Waals surface area contributed by atoms with Crippen LogP contribution in [0, 0.1) is 3.57 Å². The van der Waals surface area contributed by atoms with Crippen molar-refractivity contribution in [2.45, 2.75) is 13.3 Å². The standard InChI is InChI=1S/C17H16BrIN2O3/c1-2-24-15-8-12(7-14(19)17(15)23)10-20-21-16(22)9-11-3-5-13(18)6-4-11/h3-8,10,23H,2,9H2,1H3,(H,21,22). The van der Waals surface area contributed by atoms with Gasteiger partial charge in [-0.15, -0.1) is 0 Å². The first-order valence-electron chi connectivity index (χ1n) is 7.21. The van der Waals surface area contributed by atoms with Crippen LogP contribution in [0.1, 0.15) is 18.1 Å². The lowest BCUT2D eigenvalue weighted by Crippen LogP contribution is -2.19. The number of aromatic hydroxyl groups is 1. The number of carbonyl (C=O) groups excluding carboxylic acids is 1. The highest BCUT2D eigenvalue weighted by Crippen LogP contribution is 2.32. The number of amides is 1. The number of hydrogen-bond donors (Lipinski definition) is 2. The van der Waals surface area contributed by atoms with Crippen LogP contribution in [-0.4, -0.2) is 23.8 Å². The van der Waals surface area contributed by atoms with Crippen molar-refractivity contribution in [3.05, 3.63) is 55.6 Å². The number of halogens is 2. The summed E-state index contributed by atoms with van der Waals surface area (Å²) in [5.74, 6) is 0.299. The fourth-order valence-corrected chi connectivity index (χ4v) is 2.83. The van der Waals surface area contributed by atoms with Crippen molar-refractivity contribution in [1.29, 1.82) is 0 Å². The number of ether oxygens (including phenoxy) is 1. The molecule has 0 unspecified atom stereocenters. The maximum atomic E-state index is 11.9. The van der Waals surface area contributed by atoms with E-state index in [1.54, 1.807) is 12.1 Å². The van der Waals surface area contributed by atoms with Gasteiger partial charge in [0.2, 0.25) is 5.91 Å². The second-order valence-corrected chi connectivity index (χ2v) is 6.96. The van der Waals surface area contributed by atoms with E-state index in [4.69, 9.17) is 4.74 Å². The first-order valence-corrected chi connectivity index (χ1v) is 9.08. The third kappa shape index (κ3) is 5.48. The fraction of sp³-hybridized carbons (Fsp3) is 0.176. The zero-order valence-corrected chi connectivity index (χ0v) is 16.7. The van der Waals surface area contributed by atoms with Gasteiger partial charge < -0.3 is 9.84 Å². The summed E-state index contributed by atoms with van der Waals surface area (Å²) < 4.78 is 6.99. The molecule has 7 heteroatoms. The second kappa shape index (κ2) is 9.03. The molecule has 0 fully saturated rings. The van der Waals surface area contributed by atoms with Crippen molar-refractivity contribution in [3.63, 3.8) is 0 Å². The van der Waals surface area contributed by atoms with Crippen LogP contribution < -0.4 is 10.2 Å². The molecule has 1 amide bonds. The normalized spacial score (nSPS) is 10.8. The number of hydrazone groups is 1. The van der Waals surface area contributed by atoms with Crippen LogP contribution in [0.5, 0.6) is 11.5 Å². The van der Waals surface area contributed by atoms with E-state index < -0.39 is 0 Å². The highest BCUT2D eigenvalue weighted by molar-refractivity contribution is 14.1. The van der Waals surface area contributed by atoms with Gasteiger partial charge in [0, 0.05) is 4.47 Å². The van der Waals surface area contributed by atoms with Crippen LogP contribution in [-0.2, 0) is 11.2 Å². The fourth-order valence-electron chi connectivity index (χ4n) is 1.94. The molecule has 24 heavy (non-hydrogen) atoms. The predicted octanol–water partition coefficient (Wildman–Crippen LogP) is 3.85. The SMILES string of the molecule is CCOc1cc(C=NNC(=O)Cc2ccc(Br)cc2)cc(I)c1O. The number of phenolic OH excluding ortho intramolecular Hbond substituents is 1. The molecular weight excluding hydrogens is 487 g/mol. The molecule has 0 saturated heterocycles. The predicted molar refractivity (Wildman–Crippen MR) is 106 cm³/mol. The summed E-state index contributed by atoms with van der Waals surface area (Å²) in [4.78, 5) is 11.9. The van der Waals surface area contributed by atoms with Crippen molar-refractivity contribution in [3.8, 4) is 11.5 Å². The maximum Gasteiger partial charge on any atom is 0.244 e. The molecule has 0 heterocycles. The summed E-state index contributed by atoms with van der Waals surface area (Å²) in [7, 11) is 0. The first-order chi connectivity index (χ1) is 11.5. The molecule has 0 aliphatic carbocycles. The molecule has 5 nitrogen and oxygen atoms in total. The molecule has 0 saturated carbocycles. The van der Waals surface area contributed by atoms with E-state index in [1.807, 2.05) is 53.8 Å². The molecule has 0 aliphatic heterocycles. The van der Waals surface area contributed by atoms with Gasteiger partial charge in [-0.05, 0) is 64.9 Å². The molecule has 0 radical (unpaired) electrons. The number of benzene rings is 2. The minimum Gasteiger partial charge on any atom is -0.504 e. The average molecular weight is 503 g/mol. The maximum absolute atomic E-state index is 11.9. The molecule has 126 valence electrons. The zero-order valence-electron chi connectivity index (χ0n) is 12.9. The molecule has 2 aromatic rings. The van der Waals surface area contributed by atoms with Crippen molar-refractivity contribution < 1.29 is 14.6 Å². The van der Waals surface area contributed by atoms with Gasteiger partial charge in [-0.3, -0.25) is 4.79 Å². The van der Waals surface area contributed by atoms with Gasteiger partial charge in [-0.1, -0.05) is 28.1 Å². The van der Waals surface area contributed by atoms with E-state index in [1.165, 1.54) is 6.21 Å². The lowest BCUT2D eigenvalue weighted by atomic mass is 10.1. The molecule has 0 atom stereocenters. The Morgan fingerprint density at radius 3 is 2.75 bits per heavy atom. The lowest BCUT2D eigenvalue weighted by molar-refractivity contribution is -0.120. The van der Waals surface area contributed by atoms with E-state index in [9.17, 15) is 9.90 Å². The van der Waals surface area contributed by atoms with Gasteiger partial charge in [-0.2, -0.15) is 5.10 Å². The number of phenols is 1. The van der Waals surface area contributed by atoms with Gasteiger partial charge >= 0.3 is 0 Å². The monoisotopic (exact) mass is 502 g/mol. The highest BCUT2D eigenvalue weighted by atomic mass is 127. The molecule has 0 aliphatic rings. The highest BCUT2D eigenvalue weighted by Gasteiger charge is 2.08. The van der Waals surface area contributed by atoms with Gasteiger partial charge in [0.1, 0.15) is 0 Å². The largest absolute Gasteiger partial charge is 0.504 e. The van der Waals surface area contributed by atoms with Crippen molar-refractivity contribution >= 4 is 50.6 Å². The van der Waals surface area contributed by atoms with Crippen LogP contribution in [0.15, 0.2) is 46.0 Å². The Morgan fingerprint density at radius 1 is 1.38 bits per heavy atom. The first kappa shape index (κ1) is 18.7. The van der Waals surface area contributed by atoms with E-state index >= 15 is 0 Å². The van der Waals surface area contributed by atoms with Gasteiger partial charge in [0.05, 0.1) is 22.8 Å². The number of rotatable bonds is 6. The molecule has 0 spiro atoms. The van der Waals surface area contributed by atoms with Crippen molar-refractivity contribution in [1.82, 2.24) is 5.43 Å². The third-order valence-corrected chi connectivity index (χ3v) is 4.38. The third-order valence-electron chi connectivity index (χ3n) is 3.03. The molecule has 2 rings (SSSR count). The van der Waals surface area contributed by atoms with Crippen LogP contribution >= 0.6 is 38.5 Å². The van der Waals surface area contributed by atoms with Crippen LogP contribution in [0.3, 0.4) is 0 Å². The molecule has 0 bridgehead atoms. The second-order valence-electron chi connectivity index (χ2n) is 4.88. The molecular formula is C17H16BrIN2O3. The minimum absolute atomic E-state index is 0.105. The van der Waals surface area contributed by atoms with Crippen LogP contribution in [0.4, 0.5) is 0 Å². The lowest BCUT2D eigenvalue weighted by Gasteiger charge is -2.08. The molecule has 2 N–H and O–H groups in total. The Balaban J connectivity index is 1.98. The van der Waals surface area contributed by atoms with Crippen LogP contribution in [0.25, 0.3) is 0 Å². The van der Waals surface area contributed by atoms with E-state index in [0.717, 1.165) is 15.6 Å².